The molecule has 6 atom stereocenters. The van der Waals surface area contributed by atoms with Gasteiger partial charge in [-0.1, -0.05) is 25.5 Å². The van der Waals surface area contributed by atoms with Crippen molar-refractivity contribution in [1.29, 1.82) is 0 Å². The van der Waals surface area contributed by atoms with Crippen LogP contribution >= 0.6 is 0 Å². The molecule has 0 aromatic rings. The number of Topliss-reactive ketones (excluding diaryl/α,β-unsaturated/α-hetero) is 1. The van der Waals surface area contributed by atoms with E-state index in [-0.39, 0.29) is 29.7 Å². The van der Waals surface area contributed by atoms with Crippen molar-refractivity contribution >= 4 is 11.8 Å². The van der Waals surface area contributed by atoms with E-state index >= 15 is 0 Å². The molecule has 0 spiro atoms. The molecule has 3 fully saturated rings. The number of hydrogen-bond acceptors (Lipinski definition) is 4. The van der Waals surface area contributed by atoms with Gasteiger partial charge in [0, 0.05) is 18.8 Å². The predicted molar refractivity (Wildman–Crippen MR) is 98.2 cm³/mol. The Morgan fingerprint density at radius 2 is 1.88 bits per heavy atom. The summed E-state index contributed by atoms with van der Waals surface area (Å²) in [7, 11) is 0. The second kappa shape index (κ2) is 6.47. The van der Waals surface area contributed by atoms with Gasteiger partial charge < -0.3 is 9.47 Å². The maximum atomic E-state index is 12.5. The molecule has 0 amide bonds. The molecule has 4 aliphatic carbocycles. The Morgan fingerprint density at radius 1 is 1.15 bits per heavy atom. The number of ether oxygens (including phenoxy) is 2. The summed E-state index contributed by atoms with van der Waals surface area (Å²) in [6, 6.07) is 0. The van der Waals surface area contributed by atoms with E-state index in [0.29, 0.717) is 23.5 Å². The molecule has 4 rings (SSSR count). The Morgan fingerprint density at radius 3 is 2.65 bits per heavy atom. The van der Waals surface area contributed by atoms with Gasteiger partial charge in [0.2, 0.25) is 0 Å². The molecule has 4 heteroatoms. The third-order valence-electron chi connectivity index (χ3n) is 8.33. The SMILES string of the molecule is CC(=O)OCO[C@H]1CC[C@@]2(C)C(=CC[C@@H]3[C@@H]2CC[C@]2(C)C(=O)CC[C@@H]32)C1. The van der Waals surface area contributed by atoms with Crippen molar-refractivity contribution in [1.82, 2.24) is 0 Å². The second-order valence-electron chi connectivity index (χ2n) is 9.46. The van der Waals surface area contributed by atoms with E-state index in [0.717, 1.165) is 44.9 Å². The first-order valence-corrected chi connectivity index (χ1v) is 10.3. The minimum absolute atomic E-state index is 0.0484. The highest BCUT2D eigenvalue weighted by molar-refractivity contribution is 5.87. The number of ketones is 1. The summed E-state index contributed by atoms with van der Waals surface area (Å²) >= 11 is 0. The lowest BCUT2D eigenvalue weighted by Gasteiger charge is -2.57. The fourth-order valence-corrected chi connectivity index (χ4v) is 6.75. The standard InChI is InChI=1S/C22H32O4/c1-14(23)25-13-26-16-8-10-21(2)15(12-16)4-5-17-18-6-7-20(24)22(18,3)11-9-19(17)21/h4,16-19H,5-13H2,1-3H3/t16-,17-,18-,19-,21-,22-/m0/s1. The van der Waals surface area contributed by atoms with Gasteiger partial charge in [-0.25, -0.2) is 0 Å². The normalized spacial score (nSPS) is 44.6. The summed E-state index contributed by atoms with van der Waals surface area (Å²) in [5.41, 5.74) is 1.76. The zero-order valence-electron chi connectivity index (χ0n) is 16.4. The van der Waals surface area contributed by atoms with Crippen molar-refractivity contribution in [3.8, 4) is 0 Å². The predicted octanol–water partition coefficient (Wildman–Crippen LogP) is 4.42. The fourth-order valence-electron chi connectivity index (χ4n) is 6.75. The lowest BCUT2D eigenvalue weighted by molar-refractivity contribution is -0.160. The maximum Gasteiger partial charge on any atom is 0.304 e. The number of hydrogen-bond donors (Lipinski definition) is 0. The van der Waals surface area contributed by atoms with Crippen LogP contribution in [0.5, 0.6) is 0 Å². The Bertz CT molecular complexity index is 638. The summed E-state index contributed by atoms with van der Waals surface area (Å²) < 4.78 is 10.7. The Labute approximate surface area is 156 Å². The minimum Gasteiger partial charge on any atom is -0.439 e. The minimum atomic E-state index is -0.290. The van der Waals surface area contributed by atoms with Crippen LogP contribution in [0.3, 0.4) is 0 Å². The number of carbonyl (C=O) groups is 2. The van der Waals surface area contributed by atoms with Gasteiger partial charge in [0.15, 0.2) is 6.79 Å². The van der Waals surface area contributed by atoms with Crippen LogP contribution in [-0.4, -0.2) is 24.6 Å². The van der Waals surface area contributed by atoms with E-state index in [1.807, 2.05) is 0 Å². The molecule has 0 bridgehead atoms. The van der Waals surface area contributed by atoms with Gasteiger partial charge in [-0.05, 0) is 68.1 Å². The zero-order valence-corrected chi connectivity index (χ0v) is 16.4. The monoisotopic (exact) mass is 360 g/mol. The molecular formula is C22H32O4. The van der Waals surface area contributed by atoms with Gasteiger partial charge in [0.05, 0.1) is 6.10 Å². The Balaban J connectivity index is 1.49. The van der Waals surface area contributed by atoms with Crippen LogP contribution in [0.1, 0.15) is 72.1 Å². The van der Waals surface area contributed by atoms with Crippen molar-refractivity contribution < 1.29 is 19.1 Å². The molecule has 0 aromatic carbocycles. The molecule has 4 nitrogen and oxygen atoms in total. The number of esters is 1. The number of fused-ring (bicyclic) bond motifs is 5. The van der Waals surface area contributed by atoms with Crippen LogP contribution in [0.15, 0.2) is 11.6 Å². The van der Waals surface area contributed by atoms with Gasteiger partial charge >= 0.3 is 5.97 Å². The van der Waals surface area contributed by atoms with Gasteiger partial charge in [-0.3, -0.25) is 9.59 Å². The van der Waals surface area contributed by atoms with Gasteiger partial charge in [-0.2, -0.15) is 0 Å². The largest absolute Gasteiger partial charge is 0.439 e. The lowest BCUT2D eigenvalue weighted by atomic mass is 9.48. The molecule has 0 unspecified atom stereocenters. The van der Waals surface area contributed by atoms with E-state index < -0.39 is 0 Å². The molecule has 0 aromatic heterocycles. The summed E-state index contributed by atoms with van der Waals surface area (Å²) in [5, 5.41) is 0. The average Bonchev–Trinajstić information content (AvgIpc) is 2.90. The fraction of sp³-hybridized carbons (Fsp3) is 0.818. The summed E-state index contributed by atoms with van der Waals surface area (Å²) in [6.07, 6.45) is 11.0. The molecule has 3 saturated carbocycles. The van der Waals surface area contributed by atoms with Crippen molar-refractivity contribution in [3.05, 3.63) is 11.6 Å². The van der Waals surface area contributed by atoms with Crippen LogP contribution in [0.25, 0.3) is 0 Å². The van der Waals surface area contributed by atoms with Crippen molar-refractivity contribution in [3.63, 3.8) is 0 Å². The highest BCUT2D eigenvalue weighted by atomic mass is 16.7. The van der Waals surface area contributed by atoms with E-state index in [2.05, 4.69) is 19.9 Å². The zero-order chi connectivity index (χ0) is 18.5. The highest BCUT2D eigenvalue weighted by Gasteiger charge is 2.58. The third kappa shape index (κ3) is 2.76. The van der Waals surface area contributed by atoms with E-state index in [9.17, 15) is 9.59 Å². The van der Waals surface area contributed by atoms with Crippen molar-refractivity contribution in [2.75, 3.05) is 6.79 Å². The molecule has 26 heavy (non-hydrogen) atoms. The first-order valence-electron chi connectivity index (χ1n) is 10.3. The first-order chi connectivity index (χ1) is 12.3. The van der Waals surface area contributed by atoms with Crippen LogP contribution in [0, 0.1) is 28.6 Å². The van der Waals surface area contributed by atoms with Crippen LogP contribution in [0.2, 0.25) is 0 Å². The molecule has 4 aliphatic rings. The van der Waals surface area contributed by atoms with Gasteiger partial charge in [-0.15, -0.1) is 0 Å². The van der Waals surface area contributed by atoms with Crippen LogP contribution in [-0.2, 0) is 19.1 Å². The summed E-state index contributed by atoms with van der Waals surface area (Å²) in [6.45, 7) is 6.18. The van der Waals surface area contributed by atoms with E-state index in [4.69, 9.17) is 9.47 Å². The van der Waals surface area contributed by atoms with Crippen molar-refractivity contribution in [2.45, 2.75) is 78.2 Å². The van der Waals surface area contributed by atoms with E-state index in [1.165, 1.54) is 13.3 Å². The second-order valence-corrected chi connectivity index (χ2v) is 9.46. The Kier molecular flexibility index (Phi) is 4.53. The maximum absolute atomic E-state index is 12.5. The summed E-state index contributed by atoms with van der Waals surface area (Å²) in [4.78, 5) is 23.4. The van der Waals surface area contributed by atoms with Gasteiger partial charge in [0.25, 0.3) is 0 Å². The third-order valence-corrected chi connectivity index (χ3v) is 8.33. The van der Waals surface area contributed by atoms with Crippen LogP contribution < -0.4 is 0 Å². The topological polar surface area (TPSA) is 52.6 Å². The number of rotatable bonds is 3. The van der Waals surface area contributed by atoms with Crippen LogP contribution in [0.4, 0.5) is 0 Å². The number of carbonyl (C=O) groups excluding carboxylic acids is 2. The molecular weight excluding hydrogens is 328 g/mol. The molecule has 0 saturated heterocycles. The highest BCUT2D eigenvalue weighted by Crippen LogP contribution is 2.64. The van der Waals surface area contributed by atoms with E-state index in [1.54, 1.807) is 5.57 Å². The quantitative estimate of drug-likeness (QED) is 0.425. The number of allylic oxidation sites excluding steroid dienone is 1. The molecule has 0 radical (unpaired) electrons. The molecule has 0 N–H and O–H groups in total. The van der Waals surface area contributed by atoms with Crippen molar-refractivity contribution in [2.24, 2.45) is 28.6 Å². The smallest absolute Gasteiger partial charge is 0.304 e. The summed E-state index contributed by atoms with van der Waals surface area (Å²) in [5.74, 6) is 2.19. The molecule has 0 heterocycles. The molecule has 144 valence electrons. The first kappa shape index (κ1) is 18.2. The Hall–Kier alpha value is -1.16. The lowest BCUT2D eigenvalue weighted by Crippen LogP contribution is -2.50. The molecule has 0 aliphatic heterocycles. The average molecular weight is 360 g/mol. The van der Waals surface area contributed by atoms with Gasteiger partial charge in [0.1, 0.15) is 5.78 Å².